The predicted molar refractivity (Wildman–Crippen MR) is 104 cm³/mol. The minimum Gasteiger partial charge on any atom is -0.507 e. The molecule has 0 radical (unpaired) electrons. The third-order valence-corrected chi connectivity index (χ3v) is 6.07. The SMILES string of the molecule is CCC1(CC)c2ccccc2-c2c1cc(O)c1cc(OC)c(C)cc21. The van der Waals surface area contributed by atoms with Gasteiger partial charge in [0.2, 0.25) is 0 Å². The Bertz CT molecular complexity index is 981. The molecule has 2 nitrogen and oxygen atoms in total. The second-order valence-electron chi connectivity index (χ2n) is 7.02. The topological polar surface area (TPSA) is 29.5 Å². The first-order valence-electron chi connectivity index (χ1n) is 9.02. The van der Waals surface area contributed by atoms with Crippen molar-refractivity contribution in [2.75, 3.05) is 7.11 Å². The van der Waals surface area contributed by atoms with E-state index in [0.29, 0.717) is 5.75 Å². The third kappa shape index (κ3) is 1.97. The maximum atomic E-state index is 10.8. The average molecular weight is 332 g/mol. The fourth-order valence-electron chi connectivity index (χ4n) is 4.70. The van der Waals surface area contributed by atoms with E-state index in [9.17, 15) is 5.11 Å². The van der Waals surface area contributed by atoms with Gasteiger partial charge in [-0.05, 0) is 71.2 Å². The van der Waals surface area contributed by atoms with Crippen LogP contribution in [0.5, 0.6) is 11.5 Å². The van der Waals surface area contributed by atoms with Crippen LogP contribution in [0.2, 0.25) is 0 Å². The van der Waals surface area contributed by atoms with Crippen molar-refractivity contribution in [2.45, 2.75) is 39.0 Å². The summed E-state index contributed by atoms with van der Waals surface area (Å²) in [6, 6.07) is 14.8. The normalized spacial score (nSPS) is 14.4. The second-order valence-corrected chi connectivity index (χ2v) is 7.02. The third-order valence-electron chi connectivity index (χ3n) is 6.07. The van der Waals surface area contributed by atoms with Crippen LogP contribution in [0, 0.1) is 6.92 Å². The van der Waals surface area contributed by atoms with E-state index in [1.54, 1.807) is 7.11 Å². The van der Waals surface area contributed by atoms with Gasteiger partial charge in [0.25, 0.3) is 0 Å². The van der Waals surface area contributed by atoms with Gasteiger partial charge >= 0.3 is 0 Å². The predicted octanol–water partition coefficient (Wildman–Crippen LogP) is 5.95. The van der Waals surface area contributed by atoms with Crippen molar-refractivity contribution in [3.05, 3.63) is 59.2 Å². The summed E-state index contributed by atoms with van der Waals surface area (Å²) in [4.78, 5) is 0. The molecule has 128 valence electrons. The summed E-state index contributed by atoms with van der Waals surface area (Å²) in [6.45, 7) is 6.55. The van der Waals surface area contributed by atoms with Gasteiger partial charge in [-0.2, -0.15) is 0 Å². The largest absolute Gasteiger partial charge is 0.507 e. The smallest absolute Gasteiger partial charge is 0.123 e. The highest BCUT2D eigenvalue weighted by Crippen LogP contribution is 2.56. The van der Waals surface area contributed by atoms with Crippen molar-refractivity contribution in [1.29, 1.82) is 0 Å². The Balaban J connectivity index is 2.19. The number of methoxy groups -OCH3 is 1. The van der Waals surface area contributed by atoms with Crippen LogP contribution in [0.15, 0.2) is 42.5 Å². The molecule has 1 N–H and O–H groups in total. The molecule has 0 unspecified atom stereocenters. The molecule has 0 bridgehead atoms. The number of aromatic hydroxyl groups is 1. The highest BCUT2D eigenvalue weighted by molar-refractivity contribution is 6.06. The van der Waals surface area contributed by atoms with Gasteiger partial charge in [-0.1, -0.05) is 38.1 Å². The van der Waals surface area contributed by atoms with E-state index >= 15 is 0 Å². The van der Waals surface area contributed by atoms with Crippen LogP contribution in [0.3, 0.4) is 0 Å². The Morgan fingerprint density at radius 3 is 2.36 bits per heavy atom. The lowest BCUT2D eigenvalue weighted by Gasteiger charge is -2.29. The Morgan fingerprint density at radius 1 is 0.960 bits per heavy atom. The van der Waals surface area contributed by atoms with Crippen LogP contribution in [-0.4, -0.2) is 12.2 Å². The van der Waals surface area contributed by atoms with E-state index in [0.717, 1.165) is 34.9 Å². The number of rotatable bonds is 3. The second kappa shape index (κ2) is 5.52. The summed E-state index contributed by atoms with van der Waals surface area (Å²) < 4.78 is 5.47. The van der Waals surface area contributed by atoms with Gasteiger partial charge in [0.15, 0.2) is 0 Å². The molecule has 0 saturated carbocycles. The molecule has 0 heterocycles. The van der Waals surface area contributed by atoms with E-state index in [-0.39, 0.29) is 5.41 Å². The molecule has 0 aliphatic heterocycles. The van der Waals surface area contributed by atoms with Crippen molar-refractivity contribution < 1.29 is 9.84 Å². The molecule has 3 aromatic carbocycles. The Hall–Kier alpha value is -2.48. The summed E-state index contributed by atoms with van der Waals surface area (Å²) in [5.41, 5.74) is 6.29. The molecule has 1 aliphatic carbocycles. The molecule has 0 aromatic heterocycles. The van der Waals surface area contributed by atoms with Crippen LogP contribution in [-0.2, 0) is 5.41 Å². The first kappa shape index (κ1) is 16.0. The molecule has 0 amide bonds. The summed E-state index contributed by atoms with van der Waals surface area (Å²) in [6.07, 6.45) is 2.04. The quantitative estimate of drug-likeness (QED) is 0.642. The van der Waals surface area contributed by atoms with Crippen molar-refractivity contribution in [2.24, 2.45) is 0 Å². The van der Waals surface area contributed by atoms with E-state index in [1.165, 1.54) is 22.3 Å². The maximum absolute atomic E-state index is 10.8. The van der Waals surface area contributed by atoms with E-state index in [1.807, 2.05) is 12.1 Å². The monoisotopic (exact) mass is 332 g/mol. The summed E-state index contributed by atoms with van der Waals surface area (Å²) >= 11 is 0. The molecule has 0 saturated heterocycles. The van der Waals surface area contributed by atoms with Gasteiger partial charge < -0.3 is 9.84 Å². The van der Waals surface area contributed by atoms with Crippen molar-refractivity contribution >= 4 is 10.8 Å². The Morgan fingerprint density at radius 2 is 1.68 bits per heavy atom. The number of phenolic OH excluding ortho intramolecular Hbond substituents is 1. The number of aryl methyl sites for hydroxylation is 1. The highest BCUT2D eigenvalue weighted by Gasteiger charge is 2.41. The first-order valence-corrected chi connectivity index (χ1v) is 9.02. The number of fused-ring (bicyclic) bond motifs is 5. The van der Waals surface area contributed by atoms with Gasteiger partial charge in [-0.15, -0.1) is 0 Å². The number of ether oxygens (including phenoxy) is 1. The van der Waals surface area contributed by atoms with Gasteiger partial charge in [0.05, 0.1) is 7.11 Å². The first-order chi connectivity index (χ1) is 12.1. The fourth-order valence-corrected chi connectivity index (χ4v) is 4.70. The zero-order valence-electron chi connectivity index (χ0n) is 15.3. The van der Waals surface area contributed by atoms with Crippen LogP contribution in [0.25, 0.3) is 21.9 Å². The zero-order chi connectivity index (χ0) is 17.8. The number of phenols is 1. The van der Waals surface area contributed by atoms with Gasteiger partial charge in [-0.25, -0.2) is 0 Å². The fraction of sp³-hybridized carbons (Fsp3) is 0.304. The van der Waals surface area contributed by atoms with Crippen LogP contribution < -0.4 is 4.74 Å². The standard InChI is InChI=1S/C23H24O2/c1-5-23(6-2)18-10-8-7-9-15(18)22-17-11-14(3)21(25-4)12-16(17)20(24)13-19(22)23/h7-13,24H,5-6H2,1-4H3. The van der Waals surface area contributed by atoms with Crippen LogP contribution in [0.4, 0.5) is 0 Å². The molecule has 0 spiro atoms. The molecule has 4 rings (SSSR count). The Kier molecular flexibility index (Phi) is 3.54. The highest BCUT2D eigenvalue weighted by atomic mass is 16.5. The molecule has 0 fully saturated rings. The lowest BCUT2D eigenvalue weighted by Crippen LogP contribution is -2.22. The van der Waals surface area contributed by atoms with Crippen molar-refractivity contribution in [3.63, 3.8) is 0 Å². The van der Waals surface area contributed by atoms with Crippen molar-refractivity contribution in [3.8, 4) is 22.6 Å². The number of benzene rings is 3. The van der Waals surface area contributed by atoms with E-state index in [2.05, 4.69) is 51.1 Å². The summed E-state index contributed by atoms with van der Waals surface area (Å²) in [5, 5.41) is 12.8. The molecule has 3 aromatic rings. The minimum atomic E-state index is -0.0224. The average Bonchev–Trinajstić information content (AvgIpc) is 2.91. The molecule has 2 heteroatoms. The Labute approximate surface area is 149 Å². The van der Waals surface area contributed by atoms with Gasteiger partial charge in [0.1, 0.15) is 11.5 Å². The lowest BCUT2D eigenvalue weighted by atomic mass is 9.73. The van der Waals surface area contributed by atoms with E-state index < -0.39 is 0 Å². The number of hydrogen-bond donors (Lipinski definition) is 1. The number of hydrogen-bond acceptors (Lipinski definition) is 2. The maximum Gasteiger partial charge on any atom is 0.123 e. The lowest BCUT2D eigenvalue weighted by molar-refractivity contribution is 0.412. The van der Waals surface area contributed by atoms with Crippen LogP contribution >= 0.6 is 0 Å². The van der Waals surface area contributed by atoms with Gasteiger partial charge in [0, 0.05) is 10.8 Å². The van der Waals surface area contributed by atoms with Crippen molar-refractivity contribution in [1.82, 2.24) is 0 Å². The van der Waals surface area contributed by atoms with Gasteiger partial charge in [-0.3, -0.25) is 0 Å². The molecular weight excluding hydrogens is 308 g/mol. The van der Waals surface area contributed by atoms with E-state index in [4.69, 9.17) is 4.74 Å². The molecule has 0 atom stereocenters. The zero-order valence-corrected chi connectivity index (χ0v) is 15.3. The molecule has 1 aliphatic rings. The molecule has 25 heavy (non-hydrogen) atoms. The minimum absolute atomic E-state index is 0.0224. The summed E-state index contributed by atoms with van der Waals surface area (Å²) in [7, 11) is 1.67. The molecular formula is C23H24O2. The van der Waals surface area contributed by atoms with Crippen LogP contribution in [0.1, 0.15) is 43.4 Å². The summed E-state index contributed by atoms with van der Waals surface area (Å²) in [5.74, 6) is 1.15.